The minimum Gasteiger partial charge on any atom is -0.369 e. The molecule has 0 fully saturated rings. The summed E-state index contributed by atoms with van der Waals surface area (Å²) in [5.74, 6) is -4.16. The van der Waals surface area contributed by atoms with Gasteiger partial charge in [-0.2, -0.15) is 26.3 Å². The van der Waals surface area contributed by atoms with E-state index in [-0.39, 0.29) is 11.8 Å². The number of fused-ring (bicyclic) bond motifs is 1. The van der Waals surface area contributed by atoms with E-state index in [0.29, 0.717) is 35.4 Å². The van der Waals surface area contributed by atoms with Gasteiger partial charge < -0.3 is 10.6 Å². The molecular weight excluding hydrogens is 536 g/mol. The lowest BCUT2D eigenvalue weighted by molar-refractivity contribution is -0.143. The lowest BCUT2D eigenvalue weighted by Crippen LogP contribution is -2.48. The van der Waals surface area contributed by atoms with Crippen molar-refractivity contribution in [1.82, 2.24) is 0 Å². The largest absolute Gasteiger partial charge is 0.416 e. The van der Waals surface area contributed by atoms with Crippen LogP contribution in [0.3, 0.4) is 0 Å². The van der Waals surface area contributed by atoms with Crippen molar-refractivity contribution in [3.05, 3.63) is 101 Å². The van der Waals surface area contributed by atoms with Gasteiger partial charge in [0, 0.05) is 17.2 Å². The van der Waals surface area contributed by atoms with Crippen LogP contribution in [0.4, 0.5) is 32.0 Å². The summed E-state index contributed by atoms with van der Waals surface area (Å²) >= 11 is 0. The summed E-state index contributed by atoms with van der Waals surface area (Å²) in [6, 6.07) is 13.9. The first kappa shape index (κ1) is 28.8. The summed E-state index contributed by atoms with van der Waals surface area (Å²) in [5.41, 5.74) is 3.16. The molecule has 1 aliphatic rings. The molecule has 0 aromatic heterocycles. The van der Waals surface area contributed by atoms with Gasteiger partial charge in [-0.3, -0.25) is 14.6 Å². The Labute approximate surface area is 226 Å². The number of benzene rings is 3. The summed E-state index contributed by atoms with van der Waals surface area (Å²) < 4.78 is 82.5. The van der Waals surface area contributed by atoms with Crippen molar-refractivity contribution in [2.75, 3.05) is 4.90 Å². The Kier molecular flexibility index (Phi) is 7.78. The van der Waals surface area contributed by atoms with E-state index in [4.69, 9.17) is 5.73 Å². The number of hydrogen-bond acceptors (Lipinski definition) is 3. The zero-order valence-electron chi connectivity index (χ0n) is 21.4. The molecule has 5 nitrogen and oxygen atoms in total. The normalized spacial score (nSPS) is 17.5. The molecule has 210 valence electrons. The number of carbonyl (C=O) groups is 2. The van der Waals surface area contributed by atoms with Crippen molar-refractivity contribution in [3.8, 4) is 0 Å². The van der Waals surface area contributed by atoms with Crippen molar-refractivity contribution in [3.63, 3.8) is 0 Å². The van der Waals surface area contributed by atoms with Crippen molar-refractivity contribution < 1.29 is 35.9 Å². The Morgan fingerprint density at radius 3 is 2.15 bits per heavy atom. The van der Waals surface area contributed by atoms with Crippen LogP contribution >= 0.6 is 0 Å². The lowest BCUT2D eigenvalue weighted by atomic mass is 9.85. The van der Waals surface area contributed by atoms with Gasteiger partial charge in [0.05, 0.1) is 28.4 Å². The fourth-order valence-corrected chi connectivity index (χ4v) is 4.82. The number of anilines is 1. The SMILES string of the molecule is CC[C@H](C)N1C(=O)C(C(C(N)=O)c2ccc(C(F)(F)F)cc2C(F)(F)F)N=C(c2ccccc2)c2ccccc21. The molecule has 0 spiro atoms. The zero-order valence-corrected chi connectivity index (χ0v) is 21.4. The van der Waals surface area contributed by atoms with E-state index < -0.39 is 58.9 Å². The highest BCUT2D eigenvalue weighted by atomic mass is 19.4. The summed E-state index contributed by atoms with van der Waals surface area (Å²) in [4.78, 5) is 32.9. The number of hydrogen-bond donors (Lipinski definition) is 1. The molecule has 0 radical (unpaired) electrons. The predicted molar refractivity (Wildman–Crippen MR) is 138 cm³/mol. The van der Waals surface area contributed by atoms with Gasteiger partial charge in [-0.1, -0.05) is 61.5 Å². The van der Waals surface area contributed by atoms with Crippen LogP contribution < -0.4 is 10.6 Å². The molecule has 0 saturated heterocycles. The number of rotatable bonds is 6. The molecule has 1 heterocycles. The monoisotopic (exact) mass is 561 g/mol. The van der Waals surface area contributed by atoms with Gasteiger partial charge in [-0.15, -0.1) is 0 Å². The van der Waals surface area contributed by atoms with E-state index in [1.165, 1.54) is 4.90 Å². The number of aliphatic imine (C=N–C) groups is 1. The van der Waals surface area contributed by atoms with Crippen LogP contribution in [0.2, 0.25) is 0 Å². The van der Waals surface area contributed by atoms with Gasteiger partial charge in [-0.25, -0.2) is 0 Å². The fourth-order valence-electron chi connectivity index (χ4n) is 4.82. The van der Waals surface area contributed by atoms with E-state index >= 15 is 0 Å². The second-order valence-electron chi connectivity index (χ2n) is 9.45. The number of primary amides is 1. The average molecular weight is 562 g/mol. The number of benzodiazepines with no additional fused rings is 1. The van der Waals surface area contributed by atoms with Crippen LogP contribution in [0.1, 0.15) is 54.0 Å². The molecule has 2 amide bonds. The number of alkyl halides is 6. The molecule has 1 aliphatic heterocycles. The molecule has 4 rings (SSSR count). The molecule has 0 aliphatic carbocycles. The smallest absolute Gasteiger partial charge is 0.369 e. The zero-order chi connectivity index (χ0) is 29.4. The van der Waals surface area contributed by atoms with E-state index in [1.807, 2.05) is 6.92 Å². The van der Waals surface area contributed by atoms with Gasteiger partial charge in [0.15, 0.2) is 0 Å². The summed E-state index contributed by atoms with van der Waals surface area (Å²) in [6.45, 7) is 3.54. The Balaban J connectivity index is 2.04. The Hall–Kier alpha value is -4.15. The predicted octanol–water partition coefficient (Wildman–Crippen LogP) is 6.34. The molecule has 0 saturated carbocycles. The highest BCUT2D eigenvalue weighted by Gasteiger charge is 2.46. The minimum absolute atomic E-state index is 0.0739. The molecule has 3 atom stereocenters. The summed E-state index contributed by atoms with van der Waals surface area (Å²) in [7, 11) is 0. The molecule has 2 unspecified atom stereocenters. The highest BCUT2D eigenvalue weighted by molar-refractivity contribution is 6.20. The van der Waals surface area contributed by atoms with Crippen molar-refractivity contribution >= 4 is 23.2 Å². The molecular formula is C29H25F6N3O2. The minimum atomic E-state index is -5.29. The number of nitrogens with zero attached hydrogens (tertiary/aromatic N) is 2. The molecule has 3 aromatic carbocycles. The van der Waals surface area contributed by atoms with Crippen LogP contribution in [-0.2, 0) is 21.9 Å². The van der Waals surface area contributed by atoms with Crippen LogP contribution in [0.15, 0.2) is 77.8 Å². The third-order valence-electron chi connectivity index (χ3n) is 6.90. The van der Waals surface area contributed by atoms with Gasteiger partial charge in [-0.05, 0) is 37.1 Å². The van der Waals surface area contributed by atoms with E-state index in [0.717, 1.165) is 0 Å². The van der Waals surface area contributed by atoms with Crippen LogP contribution in [-0.4, -0.2) is 29.6 Å². The molecule has 3 aromatic rings. The maximum absolute atomic E-state index is 14.2. The molecule has 0 bridgehead atoms. The van der Waals surface area contributed by atoms with Crippen LogP contribution in [0.25, 0.3) is 0 Å². The number of amides is 2. The summed E-state index contributed by atoms with van der Waals surface area (Å²) in [6.07, 6.45) is -9.92. The number of para-hydroxylation sites is 1. The van der Waals surface area contributed by atoms with E-state index in [1.54, 1.807) is 61.5 Å². The Bertz CT molecular complexity index is 1450. The van der Waals surface area contributed by atoms with Crippen molar-refractivity contribution in [2.45, 2.75) is 50.6 Å². The number of halogens is 6. The highest BCUT2D eigenvalue weighted by Crippen LogP contribution is 2.42. The van der Waals surface area contributed by atoms with E-state index in [2.05, 4.69) is 4.99 Å². The second kappa shape index (κ2) is 10.8. The maximum Gasteiger partial charge on any atom is 0.416 e. The van der Waals surface area contributed by atoms with Crippen molar-refractivity contribution in [2.24, 2.45) is 10.7 Å². The maximum atomic E-state index is 14.2. The van der Waals surface area contributed by atoms with Gasteiger partial charge in [0.2, 0.25) is 5.91 Å². The second-order valence-corrected chi connectivity index (χ2v) is 9.45. The fraction of sp³-hybridized carbons (Fsp3) is 0.276. The molecule has 11 heteroatoms. The Morgan fingerprint density at radius 1 is 0.950 bits per heavy atom. The molecule has 40 heavy (non-hydrogen) atoms. The third-order valence-corrected chi connectivity index (χ3v) is 6.90. The quantitative estimate of drug-likeness (QED) is 0.357. The van der Waals surface area contributed by atoms with Gasteiger partial charge in [0.1, 0.15) is 6.04 Å². The summed E-state index contributed by atoms with van der Waals surface area (Å²) in [5, 5.41) is 0. The van der Waals surface area contributed by atoms with Crippen LogP contribution in [0.5, 0.6) is 0 Å². The standard InChI is InChI=1S/C29H25F6N3O2/c1-3-16(2)38-22-12-8-7-11-20(22)24(17-9-5-4-6-10-17)37-25(27(38)40)23(26(36)39)19-14-13-18(28(30,31)32)15-21(19)29(33,34)35/h4-16,23,25H,3H2,1-2H3,(H2,36,39)/t16-,23?,25?/m0/s1. The number of carbonyl (C=O) groups excluding carboxylic acids is 2. The van der Waals surface area contributed by atoms with Crippen molar-refractivity contribution in [1.29, 1.82) is 0 Å². The lowest BCUT2D eigenvalue weighted by Gasteiger charge is -2.32. The third kappa shape index (κ3) is 5.45. The molecule has 2 N–H and O–H groups in total. The first-order valence-electron chi connectivity index (χ1n) is 12.4. The van der Waals surface area contributed by atoms with Gasteiger partial charge in [0.25, 0.3) is 5.91 Å². The first-order valence-corrected chi connectivity index (χ1v) is 12.4. The van der Waals surface area contributed by atoms with E-state index in [9.17, 15) is 35.9 Å². The Morgan fingerprint density at radius 2 is 1.57 bits per heavy atom. The van der Waals surface area contributed by atoms with Gasteiger partial charge >= 0.3 is 12.4 Å². The topological polar surface area (TPSA) is 75.8 Å². The first-order chi connectivity index (χ1) is 18.8. The average Bonchev–Trinajstić information content (AvgIpc) is 3.02. The van der Waals surface area contributed by atoms with Crippen LogP contribution in [0, 0.1) is 0 Å². The number of nitrogens with two attached hydrogens (primary N) is 1.